The van der Waals surface area contributed by atoms with Crippen LogP contribution in [0.3, 0.4) is 0 Å². The maximum Gasteiger partial charge on any atom is 0.148 e. The first kappa shape index (κ1) is 19.5. The van der Waals surface area contributed by atoms with Crippen LogP contribution in [0.2, 0.25) is 5.02 Å². The van der Waals surface area contributed by atoms with Crippen LogP contribution in [-0.4, -0.2) is 20.1 Å². The third kappa shape index (κ3) is 3.46. The Labute approximate surface area is 186 Å². The van der Waals surface area contributed by atoms with Gasteiger partial charge < -0.3 is 10.1 Å². The maximum absolute atomic E-state index is 11.2. The minimum atomic E-state index is -0.780. The van der Waals surface area contributed by atoms with E-state index in [1.807, 2.05) is 36.7 Å². The first-order valence-electron chi connectivity index (χ1n) is 9.58. The Kier molecular flexibility index (Phi) is 5.16. The monoisotopic (exact) mass is 451 g/mol. The van der Waals surface area contributed by atoms with Gasteiger partial charge in [-0.1, -0.05) is 30.7 Å². The highest BCUT2D eigenvalue weighted by atomic mass is 35.5. The van der Waals surface area contributed by atoms with Gasteiger partial charge in [-0.2, -0.15) is 0 Å². The summed E-state index contributed by atoms with van der Waals surface area (Å²) in [6.07, 6.45) is 3.79. The van der Waals surface area contributed by atoms with E-state index in [2.05, 4.69) is 33.3 Å². The topological polar surface area (TPSA) is 61.8 Å². The number of rotatable bonds is 5. The van der Waals surface area contributed by atoms with Crippen molar-refractivity contribution in [3.63, 3.8) is 0 Å². The average Bonchev–Trinajstić information content (AvgIpc) is 3.52. The van der Waals surface area contributed by atoms with Gasteiger partial charge in [-0.15, -0.1) is 22.7 Å². The van der Waals surface area contributed by atoms with Crippen LogP contribution in [0, 0.1) is 0 Å². The second-order valence-corrected chi connectivity index (χ2v) is 9.36. The number of aliphatic hydroxyl groups is 1. The number of nitrogens with one attached hydrogen (secondary N) is 1. The van der Waals surface area contributed by atoms with Gasteiger partial charge in [0.15, 0.2) is 0 Å². The molecule has 0 saturated heterocycles. The van der Waals surface area contributed by atoms with Gasteiger partial charge in [0.05, 0.1) is 15.1 Å². The van der Waals surface area contributed by atoms with E-state index in [0.717, 1.165) is 54.6 Å². The number of fused-ring (bicyclic) bond motifs is 1. The fourth-order valence-corrected chi connectivity index (χ4v) is 5.72. The summed E-state index contributed by atoms with van der Waals surface area (Å²) in [4.78, 5) is 14.4. The maximum atomic E-state index is 11.2. The molecule has 0 bridgehead atoms. The van der Waals surface area contributed by atoms with E-state index in [0.29, 0.717) is 5.02 Å². The van der Waals surface area contributed by atoms with E-state index in [-0.39, 0.29) is 0 Å². The summed E-state index contributed by atoms with van der Waals surface area (Å²) >= 11 is 9.35. The highest BCUT2D eigenvalue weighted by Crippen LogP contribution is 2.44. The highest BCUT2D eigenvalue weighted by molar-refractivity contribution is 7.21. The Balaban J connectivity index is 1.68. The summed E-state index contributed by atoms with van der Waals surface area (Å²) in [6.45, 7) is 2.09. The van der Waals surface area contributed by atoms with Crippen molar-refractivity contribution in [2.45, 2.75) is 19.4 Å². The van der Waals surface area contributed by atoms with Gasteiger partial charge >= 0.3 is 0 Å². The van der Waals surface area contributed by atoms with Crippen LogP contribution in [0.5, 0.6) is 0 Å². The van der Waals surface area contributed by atoms with Gasteiger partial charge in [0.25, 0.3) is 0 Å². The molecule has 5 aromatic rings. The number of benzene rings is 1. The SMILES string of the molecule is CCc1cnc(-c2sc(-c3ccnc4ccsc34)cc2C(O)c2ccc(Cl)cc2)[nH]1. The van der Waals surface area contributed by atoms with Crippen molar-refractivity contribution in [2.24, 2.45) is 0 Å². The summed E-state index contributed by atoms with van der Waals surface area (Å²) in [5.74, 6) is 0.780. The predicted molar refractivity (Wildman–Crippen MR) is 125 cm³/mol. The van der Waals surface area contributed by atoms with Crippen LogP contribution < -0.4 is 0 Å². The number of aryl methyl sites for hydroxylation is 1. The summed E-state index contributed by atoms with van der Waals surface area (Å²) in [5, 5.41) is 13.9. The lowest BCUT2D eigenvalue weighted by atomic mass is 10.0. The molecule has 4 aromatic heterocycles. The molecule has 4 nitrogen and oxygen atoms in total. The van der Waals surface area contributed by atoms with E-state index in [1.165, 1.54) is 0 Å². The summed E-state index contributed by atoms with van der Waals surface area (Å²) in [6, 6.07) is 13.5. The van der Waals surface area contributed by atoms with Crippen LogP contribution in [0.4, 0.5) is 0 Å². The van der Waals surface area contributed by atoms with Crippen LogP contribution in [-0.2, 0) is 6.42 Å². The summed E-state index contributed by atoms with van der Waals surface area (Å²) < 4.78 is 1.14. The minimum Gasteiger partial charge on any atom is -0.384 e. The van der Waals surface area contributed by atoms with Crippen molar-refractivity contribution in [1.82, 2.24) is 15.0 Å². The smallest absolute Gasteiger partial charge is 0.148 e. The van der Waals surface area contributed by atoms with E-state index in [4.69, 9.17) is 11.6 Å². The molecule has 1 atom stereocenters. The number of H-pyrrole nitrogens is 1. The molecule has 0 saturated carbocycles. The first-order valence-corrected chi connectivity index (χ1v) is 11.7. The molecular formula is C23H18ClN3OS2. The number of aliphatic hydroxyl groups excluding tert-OH is 1. The minimum absolute atomic E-state index is 0.646. The number of halogens is 1. The summed E-state index contributed by atoms with van der Waals surface area (Å²) in [5.41, 5.74) is 4.80. The number of nitrogens with zero attached hydrogens (tertiary/aromatic N) is 2. The van der Waals surface area contributed by atoms with Crippen LogP contribution in [0.15, 0.2) is 60.2 Å². The third-order valence-corrected chi connectivity index (χ3v) is 7.45. The van der Waals surface area contributed by atoms with Gasteiger partial charge in [0.2, 0.25) is 0 Å². The molecule has 0 fully saturated rings. The number of aromatic nitrogens is 3. The lowest BCUT2D eigenvalue weighted by Gasteiger charge is -2.11. The standard InChI is InChI=1S/C23H18ClN3OS2/c1-2-15-12-26-23(27-15)22-17(20(28)13-3-5-14(24)6-4-13)11-19(30-22)16-7-9-25-18-8-10-29-21(16)18/h3-12,20,28H,2H2,1H3,(H,26,27). The second kappa shape index (κ2) is 7.96. The molecule has 0 radical (unpaired) electrons. The van der Waals surface area contributed by atoms with Gasteiger partial charge in [-0.05, 0) is 47.7 Å². The van der Waals surface area contributed by atoms with Crippen LogP contribution >= 0.6 is 34.3 Å². The number of aromatic amines is 1. The molecule has 0 aliphatic carbocycles. The Bertz CT molecular complexity index is 1320. The molecule has 0 amide bonds. The Morgan fingerprint density at radius 1 is 1.13 bits per heavy atom. The molecule has 0 aliphatic heterocycles. The Morgan fingerprint density at radius 2 is 1.97 bits per heavy atom. The lowest BCUT2D eigenvalue weighted by Crippen LogP contribution is -2.00. The van der Waals surface area contributed by atoms with Crippen molar-refractivity contribution in [2.75, 3.05) is 0 Å². The van der Waals surface area contributed by atoms with Crippen molar-refractivity contribution < 1.29 is 5.11 Å². The molecule has 4 heterocycles. The normalized spacial score (nSPS) is 12.5. The number of hydrogen-bond acceptors (Lipinski definition) is 5. The molecule has 2 N–H and O–H groups in total. The number of imidazole rings is 1. The van der Waals surface area contributed by atoms with E-state index in [9.17, 15) is 5.11 Å². The average molecular weight is 452 g/mol. The van der Waals surface area contributed by atoms with Crippen molar-refractivity contribution >= 4 is 44.5 Å². The molecule has 0 aliphatic rings. The molecule has 1 unspecified atom stereocenters. The fourth-order valence-electron chi connectivity index (χ4n) is 3.47. The van der Waals surface area contributed by atoms with E-state index < -0.39 is 6.10 Å². The molecule has 5 rings (SSSR count). The number of thiophene rings is 2. The van der Waals surface area contributed by atoms with Gasteiger partial charge in [0, 0.05) is 39.1 Å². The van der Waals surface area contributed by atoms with Gasteiger partial charge in [-0.3, -0.25) is 4.98 Å². The van der Waals surface area contributed by atoms with Crippen molar-refractivity contribution in [1.29, 1.82) is 0 Å². The third-order valence-electron chi connectivity index (χ3n) is 5.07. The first-order chi connectivity index (χ1) is 14.6. The van der Waals surface area contributed by atoms with Gasteiger partial charge in [-0.25, -0.2) is 4.98 Å². The van der Waals surface area contributed by atoms with Crippen molar-refractivity contribution in [3.8, 4) is 21.1 Å². The molecule has 0 spiro atoms. The number of hydrogen-bond donors (Lipinski definition) is 2. The summed E-state index contributed by atoms with van der Waals surface area (Å²) in [7, 11) is 0. The molecular weight excluding hydrogens is 434 g/mol. The molecule has 1 aromatic carbocycles. The fraction of sp³-hybridized carbons (Fsp3) is 0.130. The number of pyridine rings is 1. The Morgan fingerprint density at radius 3 is 2.73 bits per heavy atom. The van der Waals surface area contributed by atoms with Gasteiger partial charge in [0.1, 0.15) is 11.9 Å². The lowest BCUT2D eigenvalue weighted by molar-refractivity contribution is 0.221. The van der Waals surface area contributed by atoms with Crippen LogP contribution in [0.1, 0.15) is 29.8 Å². The Hall–Kier alpha value is -2.51. The van der Waals surface area contributed by atoms with Crippen molar-refractivity contribution in [3.05, 3.63) is 82.1 Å². The zero-order valence-electron chi connectivity index (χ0n) is 16.1. The largest absolute Gasteiger partial charge is 0.384 e. The molecule has 30 heavy (non-hydrogen) atoms. The molecule has 7 heteroatoms. The van der Waals surface area contributed by atoms with E-state index >= 15 is 0 Å². The second-order valence-electron chi connectivity index (χ2n) is 6.95. The van der Waals surface area contributed by atoms with E-state index in [1.54, 1.807) is 34.8 Å². The highest BCUT2D eigenvalue weighted by Gasteiger charge is 2.23. The van der Waals surface area contributed by atoms with Crippen LogP contribution in [0.25, 0.3) is 31.4 Å². The predicted octanol–water partition coefficient (Wildman–Crippen LogP) is 6.71. The zero-order valence-corrected chi connectivity index (χ0v) is 18.5. The quantitative estimate of drug-likeness (QED) is 0.312. The molecule has 150 valence electrons. The zero-order chi connectivity index (χ0) is 20.7.